The number of hydrogen-bond acceptors (Lipinski definition) is 3. The highest BCUT2D eigenvalue weighted by Crippen LogP contribution is 2.27. The Morgan fingerprint density at radius 2 is 2.05 bits per heavy atom. The van der Waals surface area contributed by atoms with Gasteiger partial charge in [-0.2, -0.15) is 4.98 Å². The van der Waals surface area contributed by atoms with Crippen molar-refractivity contribution in [1.29, 1.82) is 0 Å². The fourth-order valence-electron chi connectivity index (χ4n) is 1.87. The van der Waals surface area contributed by atoms with Gasteiger partial charge in [0.1, 0.15) is 4.70 Å². The number of thiophene rings is 1. The Kier molecular flexibility index (Phi) is 3.43. The Balaban J connectivity index is 2.08. The van der Waals surface area contributed by atoms with Crippen LogP contribution in [0.25, 0.3) is 10.2 Å². The second kappa shape index (κ2) is 5.07. The van der Waals surface area contributed by atoms with Crippen LogP contribution in [0.2, 0.25) is 5.02 Å². The maximum absolute atomic E-state index is 11.7. The third kappa shape index (κ3) is 2.59. The maximum atomic E-state index is 11.7. The third-order valence-electron chi connectivity index (χ3n) is 2.77. The molecule has 0 unspecified atom stereocenters. The lowest BCUT2D eigenvalue weighted by Gasteiger charge is -2.07. The smallest absolute Gasteiger partial charge is 0.290 e. The molecule has 0 aliphatic heterocycles. The zero-order chi connectivity index (χ0) is 13.4. The average molecular weight is 356 g/mol. The first-order valence-electron chi connectivity index (χ1n) is 5.52. The summed E-state index contributed by atoms with van der Waals surface area (Å²) in [5.74, 6) is 0. The third-order valence-corrected chi connectivity index (χ3v) is 4.63. The summed E-state index contributed by atoms with van der Waals surface area (Å²) in [7, 11) is 0. The van der Waals surface area contributed by atoms with Gasteiger partial charge in [-0.3, -0.25) is 4.79 Å². The van der Waals surface area contributed by atoms with Gasteiger partial charge in [0.2, 0.25) is 0 Å². The van der Waals surface area contributed by atoms with E-state index in [1.807, 2.05) is 34.9 Å². The lowest BCUT2D eigenvalue weighted by Crippen LogP contribution is -2.11. The minimum absolute atomic E-state index is 0.182. The fourth-order valence-corrected chi connectivity index (χ4v) is 3.49. The van der Waals surface area contributed by atoms with Gasteiger partial charge in [-0.05, 0) is 39.7 Å². The molecular formula is C13H8BrClN2OS. The molecule has 0 saturated carbocycles. The molecule has 0 aliphatic rings. The second-order valence-corrected chi connectivity index (χ2v) is 6.94. The Hall–Kier alpha value is -1.17. The molecule has 6 heteroatoms. The van der Waals surface area contributed by atoms with Crippen molar-refractivity contribution in [2.75, 3.05) is 0 Å². The molecule has 1 aromatic carbocycles. The van der Waals surface area contributed by atoms with Crippen LogP contribution in [0.4, 0.5) is 0 Å². The van der Waals surface area contributed by atoms with E-state index in [1.54, 1.807) is 6.33 Å². The summed E-state index contributed by atoms with van der Waals surface area (Å²) in [6, 6.07) is 9.58. The molecule has 19 heavy (non-hydrogen) atoms. The lowest BCUT2D eigenvalue weighted by molar-refractivity contribution is 0.799. The molecule has 0 N–H and O–H groups in total. The number of aromatic nitrogens is 2. The number of nitrogens with zero attached hydrogens (tertiary/aromatic N) is 2. The molecule has 3 aromatic rings. The quantitative estimate of drug-likeness (QED) is 0.698. The van der Waals surface area contributed by atoms with E-state index in [1.165, 1.54) is 11.3 Å². The molecule has 3 rings (SSSR count). The summed E-state index contributed by atoms with van der Waals surface area (Å²) in [5, 5.41) is 0.713. The van der Waals surface area contributed by atoms with Crippen LogP contribution in [0.1, 0.15) is 5.56 Å². The molecule has 0 atom stereocenters. The fraction of sp³-hybridized carbons (Fsp3) is 0.0769. The predicted octanol–water partition coefficient (Wildman–Crippen LogP) is 3.92. The zero-order valence-electron chi connectivity index (χ0n) is 9.64. The normalized spacial score (nSPS) is 11.1. The van der Waals surface area contributed by atoms with Gasteiger partial charge in [-0.25, -0.2) is 0 Å². The van der Waals surface area contributed by atoms with Crippen molar-refractivity contribution >= 4 is 49.1 Å². The van der Waals surface area contributed by atoms with Crippen molar-refractivity contribution in [2.24, 2.45) is 0 Å². The average Bonchev–Trinajstić information content (AvgIpc) is 2.78. The number of fused-ring (bicyclic) bond motifs is 1. The molecule has 0 amide bonds. The lowest BCUT2D eigenvalue weighted by atomic mass is 10.2. The molecule has 0 spiro atoms. The van der Waals surface area contributed by atoms with Crippen LogP contribution in [-0.2, 0) is 6.54 Å². The van der Waals surface area contributed by atoms with Crippen LogP contribution in [0.5, 0.6) is 0 Å². The van der Waals surface area contributed by atoms with Gasteiger partial charge in [0.15, 0.2) is 0 Å². The van der Waals surface area contributed by atoms with Crippen LogP contribution >= 0.6 is 38.9 Å². The van der Waals surface area contributed by atoms with Crippen LogP contribution in [0.3, 0.4) is 0 Å². The van der Waals surface area contributed by atoms with Crippen molar-refractivity contribution in [1.82, 2.24) is 9.55 Å². The van der Waals surface area contributed by atoms with E-state index >= 15 is 0 Å². The Morgan fingerprint density at radius 1 is 1.32 bits per heavy atom. The number of benzene rings is 1. The Bertz CT molecular complexity index is 795. The Labute approximate surface area is 126 Å². The molecule has 0 fully saturated rings. The summed E-state index contributed by atoms with van der Waals surface area (Å²) < 4.78 is 3.56. The predicted molar refractivity (Wildman–Crippen MR) is 82.1 cm³/mol. The molecule has 0 aliphatic carbocycles. The number of rotatable bonds is 2. The Morgan fingerprint density at radius 3 is 2.79 bits per heavy atom. The first-order valence-corrected chi connectivity index (χ1v) is 7.51. The van der Waals surface area contributed by atoms with Crippen molar-refractivity contribution in [3.05, 3.63) is 61.4 Å². The monoisotopic (exact) mass is 354 g/mol. The SMILES string of the molecule is O=c1ncn(Cc2ccc(Cl)cc2)c2cc(Br)sc12. The molecular weight excluding hydrogens is 348 g/mol. The molecule has 96 valence electrons. The molecule has 0 bridgehead atoms. The second-order valence-electron chi connectivity index (χ2n) is 4.07. The first-order chi connectivity index (χ1) is 9.13. The van der Waals surface area contributed by atoms with Crippen molar-refractivity contribution in [2.45, 2.75) is 6.54 Å². The molecule has 0 saturated heterocycles. The van der Waals surface area contributed by atoms with Crippen molar-refractivity contribution < 1.29 is 0 Å². The summed E-state index contributed by atoms with van der Waals surface area (Å²) in [6.07, 6.45) is 1.58. The van der Waals surface area contributed by atoms with Gasteiger partial charge in [-0.15, -0.1) is 11.3 Å². The van der Waals surface area contributed by atoms with Gasteiger partial charge in [-0.1, -0.05) is 23.7 Å². The number of halogens is 2. The minimum Gasteiger partial charge on any atom is -0.326 e. The highest BCUT2D eigenvalue weighted by molar-refractivity contribution is 9.11. The maximum Gasteiger partial charge on any atom is 0.290 e. The molecule has 2 heterocycles. The van der Waals surface area contributed by atoms with Gasteiger partial charge in [0.05, 0.1) is 15.6 Å². The van der Waals surface area contributed by atoms with Crippen LogP contribution in [0.15, 0.2) is 45.2 Å². The minimum atomic E-state index is -0.182. The van der Waals surface area contributed by atoms with Gasteiger partial charge in [0, 0.05) is 11.6 Å². The topological polar surface area (TPSA) is 34.9 Å². The molecule has 0 radical (unpaired) electrons. The summed E-state index contributed by atoms with van der Waals surface area (Å²) in [6.45, 7) is 0.657. The van der Waals surface area contributed by atoms with Crippen molar-refractivity contribution in [3.8, 4) is 0 Å². The van der Waals surface area contributed by atoms with Crippen LogP contribution in [0, 0.1) is 0 Å². The first kappa shape index (κ1) is 12.8. The zero-order valence-corrected chi connectivity index (χ0v) is 12.8. The van der Waals surface area contributed by atoms with E-state index in [-0.39, 0.29) is 5.56 Å². The van der Waals surface area contributed by atoms with E-state index in [9.17, 15) is 4.79 Å². The van der Waals surface area contributed by atoms with E-state index in [0.29, 0.717) is 16.3 Å². The largest absolute Gasteiger partial charge is 0.326 e. The summed E-state index contributed by atoms with van der Waals surface area (Å²) in [5.41, 5.74) is 1.82. The highest BCUT2D eigenvalue weighted by atomic mass is 79.9. The van der Waals surface area contributed by atoms with Gasteiger partial charge >= 0.3 is 0 Å². The van der Waals surface area contributed by atoms with Crippen LogP contribution in [-0.4, -0.2) is 9.55 Å². The van der Waals surface area contributed by atoms with E-state index < -0.39 is 0 Å². The standard InChI is InChI=1S/C13H8BrClN2OS/c14-11-5-10-12(19-11)13(18)16-7-17(10)6-8-1-3-9(15)4-2-8/h1-5,7H,6H2. The number of hydrogen-bond donors (Lipinski definition) is 0. The van der Waals surface area contributed by atoms with E-state index in [2.05, 4.69) is 20.9 Å². The van der Waals surface area contributed by atoms with E-state index in [0.717, 1.165) is 14.9 Å². The van der Waals surface area contributed by atoms with Gasteiger partial charge < -0.3 is 4.57 Å². The van der Waals surface area contributed by atoms with Crippen molar-refractivity contribution in [3.63, 3.8) is 0 Å². The summed E-state index contributed by atoms with van der Waals surface area (Å²) >= 11 is 10.7. The highest BCUT2D eigenvalue weighted by Gasteiger charge is 2.08. The molecule has 3 nitrogen and oxygen atoms in total. The van der Waals surface area contributed by atoms with Crippen LogP contribution < -0.4 is 5.56 Å². The van der Waals surface area contributed by atoms with Gasteiger partial charge in [0.25, 0.3) is 5.56 Å². The molecule has 2 aromatic heterocycles. The van der Waals surface area contributed by atoms with E-state index in [4.69, 9.17) is 11.6 Å². The summed E-state index contributed by atoms with van der Waals surface area (Å²) in [4.78, 5) is 15.6.